The molecule has 2 atom stereocenters. The van der Waals surface area contributed by atoms with E-state index in [-0.39, 0.29) is 23.7 Å². The fourth-order valence-corrected chi connectivity index (χ4v) is 3.34. The van der Waals surface area contributed by atoms with E-state index >= 15 is 0 Å². The molecule has 0 bridgehead atoms. The van der Waals surface area contributed by atoms with Gasteiger partial charge < -0.3 is 14.7 Å². The van der Waals surface area contributed by atoms with Crippen LogP contribution in [-0.4, -0.2) is 39.1 Å². The highest BCUT2D eigenvalue weighted by Crippen LogP contribution is 2.32. The Kier molecular flexibility index (Phi) is 5.01. The first-order chi connectivity index (χ1) is 13.6. The van der Waals surface area contributed by atoms with Crippen molar-refractivity contribution in [3.63, 3.8) is 0 Å². The molecule has 1 aromatic carbocycles. The topological polar surface area (TPSA) is 84.2 Å². The smallest absolute Gasteiger partial charge is 0.317 e. The molecule has 0 aliphatic carbocycles. The van der Waals surface area contributed by atoms with Gasteiger partial charge in [-0.2, -0.15) is 4.98 Å². The molecule has 1 N–H and O–H groups in total. The number of rotatable bonds is 4. The van der Waals surface area contributed by atoms with Crippen molar-refractivity contribution < 1.29 is 13.7 Å². The van der Waals surface area contributed by atoms with Gasteiger partial charge in [0.25, 0.3) is 0 Å². The molecule has 0 spiro atoms. The number of halogens is 1. The lowest BCUT2D eigenvalue weighted by molar-refractivity contribution is 0.206. The van der Waals surface area contributed by atoms with E-state index in [1.165, 1.54) is 12.1 Å². The second-order valence-corrected chi connectivity index (χ2v) is 6.97. The molecule has 2 aromatic heterocycles. The maximum atomic E-state index is 13.0. The van der Waals surface area contributed by atoms with Crippen LogP contribution in [0.15, 0.2) is 53.3 Å². The minimum Gasteiger partial charge on any atom is -0.339 e. The minimum absolute atomic E-state index is 0.0190. The number of hydrogen-bond donors (Lipinski definition) is 1. The van der Waals surface area contributed by atoms with Gasteiger partial charge in [0.15, 0.2) is 0 Å². The number of aromatic nitrogens is 3. The largest absolute Gasteiger partial charge is 0.339 e. The van der Waals surface area contributed by atoms with Crippen LogP contribution in [0.2, 0.25) is 0 Å². The highest BCUT2D eigenvalue weighted by molar-refractivity contribution is 5.74. The summed E-state index contributed by atoms with van der Waals surface area (Å²) in [6, 6.07) is 9.60. The first kappa shape index (κ1) is 18.1. The Labute approximate surface area is 161 Å². The van der Waals surface area contributed by atoms with Crippen molar-refractivity contribution in [1.82, 2.24) is 25.3 Å². The standard InChI is InChI=1S/C20H20FN5O2/c1-13-11-26(20(27)23-9-14-4-6-16(21)7-5-14)12-17(13)19-24-18(25-28-19)15-3-2-8-22-10-15/h2-8,10,13,17H,9,11-12H2,1H3,(H,23,27)/t13-,17-/m0/s1. The quantitative estimate of drug-likeness (QED) is 0.750. The molecule has 1 saturated heterocycles. The third kappa shape index (κ3) is 3.85. The van der Waals surface area contributed by atoms with E-state index in [1.54, 1.807) is 29.4 Å². The molecule has 3 heterocycles. The number of nitrogens with zero attached hydrogens (tertiary/aromatic N) is 4. The van der Waals surface area contributed by atoms with E-state index in [0.29, 0.717) is 31.3 Å². The third-order valence-corrected chi connectivity index (χ3v) is 4.94. The van der Waals surface area contributed by atoms with Gasteiger partial charge in [0.1, 0.15) is 5.82 Å². The monoisotopic (exact) mass is 381 g/mol. The lowest BCUT2D eigenvalue weighted by Crippen LogP contribution is -2.38. The Morgan fingerprint density at radius 2 is 2.11 bits per heavy atom. The van der Waals surface area contributed by atoms with Crippen LogP contribution in [-0.2, 0) is 6.54 Å². The Morgan fingerprint density at radius 3 is 2.86 bits per heavy atom. The molecule has 4 rings (SSSR count). The molecule has 28 heavy (non-hydrogen) atoms. The van der Waals surface area contributed by atoms with Crippen LogP contribution in [0, 0.1) is 11.7 Å². The molecule has 2 amide bonds. The van der Waals surface area contributed by atoms with Crippen molar-refractivity contribution in [2.75, 3.05) is 13.1 Å². The number of amides is 2. The average molecular weight is 381 g/mol. The van der Waals surface area contributed by atoms with Crippen LogP contribution in [0.25, 0.3) is 11.4 Å². The first-order valence-electron chi connectivity index (χ1n) is 9.11. The summed E-state index contributed by atoms with van der Waals surface area (Å²) in [6.07, 6.45) is 3.37. The maximum Gasteiger partial charge on any atom is 0.317 e. The molecule has 1 fully saturated rings. The number of urea groups is 1. The summed E-state index contributed by atoms with van der Waals surface area (Å²) >= 11 is 0. The summed E-state index contributed by atoms with van der Waals surface area (Å²) in [4.78, 5) is 22.8. The minimum atomic E-state index is -0.295. The molecular weight excluding hydrogens is 361 g/mol. The highest BCUT2D eigenvalue weighted by atomic mass is 19.1. The Hall–Kier alpha value is -3.29. The molecule has 144 valence electrons. The van der Waals surface area contributed by atoms with E-state index in [0.717, 1.165) is 11.1 Å². The second-order valence-electron chi connectivity index (χ2n) is 6.97. The number of pyridine rings is 1. The number of nitrogens with one attached hydrogen (secondary N) is 1. The summed E-state index contributed by atoms with van der Waals surface area (Å²) in [5.41, 5.74) is 1.63. The molecule has 1 aliphatic rings. The summed E-state index contributed by atoms with van der Waals surface area (Å²) in [5.74, 6) is 0.902. The van der Waals surface area contributed by atoms with Gasteiger partial charge in [0, 0.05) is 37.6 Å². The van der Waals surface area contributed by atoms with Crippen molar-refractivity contribution in [2.45, 2.75) is 19.4 Å². The summed E-state index contributed by atoms with van der Waals surface area (Å²) in [5, 5.41) is 6.92. The van der Waals surface area contributed by atoms with Crippen LogP contribution in [0.5, 0.6) is 0 Å². The number of carbonyl (C=O) groups is 1. The average Bonchev–Trinajstić information content (AvgIpc) is 3.35. The van der Waals surface area contributed by atoms with E-state index in [9.17, 15) is 9.18 Å². The molecule has 0 unspecified atom stereocenters. The van der Waals surface area contributed by atoms with Gasteiger partial charge in [-0.25, -0.2) is 9.18 Å². The molecule has 7 nitrogen and oxygen atoms in total. The predicted molar refractivity (Wildman–Crippen MR) is 99.6 cm³/mol. The fraction of sp³-hybridized carbons (Fsp3) is 0.300. The van der Waals surface area contributed by atoms with Crippen molar-refractivity contribution in [1.29, 1.82) is 0 Å². The molecule has 3 aromatic rings. The highest BCUT2D eigenvalue weighted by Gasteiger charge is 2.37. The van der Waals surface area contributed by atoms with Gasteiger partial charge in [-0.3, -0.25) is 4.98 Å². The number of hydrogen-bond acceptors (Lipinski definition) is 5. The fourth-order valence-electron chi connectivity index (χ4n) is 3.34. The van der Waals surface area contributed by atoms with Crippen LogP contribution in [0.4, 0.5) is 9.18 Å². The van der Waals surface area contributed by atoms with E-state index in [4.69, 9.17) is 4.52 Å². The number of carbonyl (C=O) groups excluding carboxylic acids is 1. The Morgan fingerprint density at radius 1 is 1.29 bits per heavy atom. The predicted octanol–water partition coefficient (Wildman–Crippen LogP) is 3.22. The second kappa shape index (κ2) is 7.75. The molecule has 1 aliphatic heterocycles. The molecule has 0 saturated carbocycles. The molecule has 8 heteroatoms. The van der Waals surface area contributed by atoms with Crippen molar-refractivity contribution in [3.8, 4) is 11.4 Å². The van der Waals surface area contributed by atoms with Gasteiger partial charge >= 0.3 is 6.03 Å². The van der Waals surface area contributed by atoms with E-state index < -0.39 is 0 Å². The van der Waals surface area contributed by atoms with Gasteiger partial charge in [0.05, 0.1) is 5.92 Å². The first-order valence-corrected chi connectivity index (χ1v) is 9.11. The van der Waals surface area contributed by atoms with Crippen molar-refractivity contribution >= 4 is 6.03 Å². The van der Waals surface area contributed by atoms with Crippen LogP contribution in [0.1, 0.15) is 24.3 Å². The maximum absolute atomic E-state index is 13.0. The van der Waals surface area contributed by atoms with Crippen LogP contribution < -0.4 is 5.32 Å². The molecular formula is C20H20FN5O2. The van der Waals surface area contributed by atoms with Crippen LogP contribution >= 0.6 is 0 Å². The van der Waals surface area contributed by atoms with Gasteiger partial charge in [-0.1, -0.05) is 24.2 Å². The SMILES string of the molecule is C[C@H]1CN(C(=O)NCc2ccc(F)cc2)C[C@@H]1c1nc(-c2cccnc2)no1. The van der Waals surface area contributed by atoms with Crippen LogP contribution in [0.3, 0.4) is 0 Å². The summed E-state index contributed by atoms with van der Waals surface area (Å²) < 4.78 is 18.4. The lowest BCUT2D eigenvalue weighted by Gasteiger charge is -2.17. The van der Waals surface area contributed by atoms with Crippen molar-refractivity contribution in [2.24, 2.45) is 5.92 Å². The zero-order valence-corrected chi connectivity index (χ0v) is 15.4. The Bertz CT molecular complexity index is 945. The number of likely N-dealkylation sites (tertiary alicyclic amines) is 1. The normalized spacial score (nSPS) is 19.0. The van der Waals surface area contributed by atoms with Gasteiger partial charge in [-0.15, -0.1) is 0 Å². The zero-order chi connectivity index (χ0) is 19.5. The third-order valence-electron chi connectivity index (χ3n) is 4.94. The van der Waals surface area contributed by atoms with Gasteiger partial charge in [0.2, 0.25) is 11.7 Å². The summed E-state index contributed by atoms with van der Waals surface area (Å²) in [7, 11) is 0. The van der Waals surface area contributed by atoms with Crippen molar-refractivity contribution in [3.05, 3.63) is 66.1 Å². The summed E-state index contributed by atoms with van der Waals surface area (Å²) in [6.45, 7) is 3.52. The Balaban J connectivity index is 1.38. The zero-order valence-electron chi connectivity index (χ0n) is 15.4. The van der Waals surface area contributed by atoms with E-state index in [1.807, 2.05) is 12.1 Å². The lowest BCUT2D eigenvalue weighted by atomic mass is 9.98. The number of benzene rings is 1. The molecule has 0 radical (unpaired) electrons. The van der Waals surface area contributed by atoms with E-state index in [2.05, 4.69) is 27.4 Å². The van der Waals surface area contributed by atoms with Gasteiger partial charge in [-0.05, 0) is 35.7 Å².